The van der Waals surface area contributed by atoms with Gasteiger partial charge in [-0.1, -0.05) is 23.7 Å². The number of hydrogen-bond donors (Lipinski definition) is 1. The van der Waals surface area contributed by atoms with Gasteiger partial charge < -0.3 is 10.0 Å². The van der Waals surface area contributed by atoms with Crippen molar-refractivity contribution in [3.05, 3.63) is 64.2 Å². The molecule has 0 bridgehead atoms. The van der Waals surface area contributed by atoms with E-state index < -0.39 is 6.10 Å². The maximum atomic E-state index is 12.4. The van der Waals surface area contributed by atoms with E-state index in [1.807, 2.05) is 30.3 Å². The number of rotatable bonds is 2. The van der Waals surface area contributed by atoms with E-state index in [-0.39, 0.29) is 5.91 Å². The van der Waals surface area contributed by atoms with Gasteiger partial charge in [-0.25, -0.2) is 0 Å². The van der Waals surface area contributed by atoms with Gasteiger partial charge in [-0.2, -0.15) is 0 Å². The molecule has 4 heteroatoms. The molecular formula is C16H14ClNO2. The molecule has 1 amide bonds. The van der Waals surface area contributed by atoms with Gasteiger partial charge in [0.1, 0.15) is 0 Å². The highest BCUT2D eigenvalue weighted by atomic mass is 35.5. The molecular weight excluding hydrogens is 274 g/mol. The van der Waals surface area contributed by atoms with Gasteiger partial charge in [0, 0.05) is 16.3 Å². The van der Waals surface area contributed by atoms with E-state index >= 15 is 0 Å². The van der Waals surface area contributed by atoms with E-state index in [1.165, 1.54) is 0 Å². The average molecular weight is 288 g/mol. The van der Waals surface area contributed by atoms with Crippen molar-refractivity contribution >= 4 is 23.2 Å². The van der Waals surface area contributed by atoms with E-state index in [0.717, 1.165) is 16.8 Å². The smallest absolute Gasteiger partial charge is 0.258 e. The molecule has 20 heavy (non-hydrogen) atoms. The average Bonchev–Trinajstić information content (AvgIpc) is 2.75. The van der Waals surface area contributed by atoms with Gasteiger partial charge in [0.05, 0.1) is 12.6 Å². The Balaban J connectivity index is 1.98. The molecule has 0 fully saturated rings. The first kappa shape index (κ1) is 13.2. The zero-order chi connectivity index (χ0) is 14.3. The van der Waals surface area contributed by atoms with Gasteiger partial charge in [0.2, 0.25) is 0 Å². The monoisotopic (exact) mass is 287 g/mol. The molecule has 0 aliphatic carbocycles. The normalized spacial score (nSPS) is 15.3. The first-order valence-electron chi connectivity index (χ1n) is 6.44. The van der Waals surface area contributed by atoms with Crippen molar-refractivity contribution in [2.75, 3.05) is 4.90 Å². The molecule has 3 nitrogen and oxygen atoms in total. The zero-order valence-corrected chi connectivity index (χ0v) is 11.8. The van der Waals surface area contributed by atoms with E-state index in [1.54, 1.807) is 24.0 Å². The number of aliphatic hydroxyl groups excluding tert-OH is 1. The molecule has 0 aromatic heterocycles. The van der Waals surface area contributed by atoms with E-state index in [0.29, 0.717) is 17.1 Å². The summed E-state index contributed by atoms with van der Waals surface area (Å²) >= 11 is 5.97. The molecule has 102 valence electrons. The molecule has 0 saturated heterocycles. The minimum Gasteiger partial charge on any atom is -0.389 e. The fraction of sp³-hybridized carbons (Fsp3) is 0.188. The highest BCUT2D eigenvalue weighted by Crippen LogP contribution is 2.31. The molecule has 0 spiro atoms. The first-order chi connectivity index (χ1) is 9.56. The number of hydrogen-bond acceptors (Lipinski definition) is 2. The molecule has 2 aromatic carbocycles. The SMILES string of the molecule is CC(O)c1cccc(N2Cc3cc(Cl)ccc3C2=O)c1. The Hall–Kier alpha value is -1.84. The lowest BCUT2D eigenvalue weighted by Gasteiger charge is -2.17. The standard InChI is InChI=1S/C16H14ClNO2/c1-10(19)11-3-2-4-14(8-11)18-9-12-7-13(17)5-6-15(12)16(18)20/h2-8,10,19H,9H2,1H3. The molecule has 0 radical (unpaired) electrons. The summed E-state index contributed by atoms with van der Waals surface area (Å²) in [5.41, 5.74) is 3.21. The fourth-order valence-electron chi connectivity index (χ4n) is 2.45. The molecule has 3 rings (SSSR count). The van der Waals surface area contributed by atoms with Crippen molar-refractivity contribution in [2.24, 2.45) is 0 Å². The van der Waals surface area contributed by atoms with Gasteiger partial charge in [-0.3, -0.25) is 4.79 Å². The predicted octanol–water partition coefficient (Wildman–Crippen LogP) is 3.55. The largest absolute Gasteiger partial charge is 0.389 e. The Kier molecular flexibility index (Phi) is 3.24. The second-order valence-electron chi connectivity index (χ2n) is 4.96. The van der Waals surface area contributed by atoms with Crippen molar-refractivity contribution in [1.29, 1.82) is 0 Å². The van der Waals surface area contributed by atoms with Crippen LogP contribution in [0.5, 0.6) is 0 Å². The third-order valence-corrected chi connectivity index (χ3v) is 3.77. The molecule has 1 aliphatic rings. The molecule has 1 atom stereocenters. The van der Waals surface area contributed by atoms with E-state index in [4.69, 9.17) is 11.6 Å². The lowest BCUT2D eigenvalue weighted by molar-refractivity contribution is 0.0996. The van der Waals surface area contributed by atoms with Crippen LogP contribution in [-0.2, 0) is 6.54 Å². The molecule has 2 aromatic rings. The number of fused-ring (bicyclic) bond motifs is 1. The van der Waals surface area contributed by atoms with Crippen LogP contribution >= 0.6 is 11.6 Å². The van der Waals surface area contributed by atoms with Crippen LogP contribution in [0.3, 0.4) is 0 Å². The minimum absolute atomic E-state index is 0.0283. The van der Waals surface area contributed by atoms with E-state index in [2.05, 4.69) is 0 Å². The number of carbonyl (C=O) groups is 1. The van der Waals surface area contributed by atoms with Gasteiger partial charge >= 0.3 is 0 Å². The Morgan fingerprint density at radius 1 is 1.25 bits per heavy atom. The minimum atomic E-state index is -0.551. The van der Waals surface area contributed by atoms with Gasteiger partial charge in [0.15, 0.2) is 0 Å². The Morgan fingerprint density at radius 3 is 2.80 bits per heavy atom. The lowest BCUT2D eigenvalue weighted by atomic mass is 10.1. The summed E-state index contributed by atoms with van der Waals surface area (Å²) < 4.78 is 0. The topological polar surface area (TPSA) is 40.5 Å². The second-order valence-corrected chi connectivity index (χ2v) is 5.40. The van der Waals surface area contributed by atoms with Crippen molar-refractivity contribution < 1.29 is 9.90 Å². The number of benzene rings is 2. The second kappa shape index (κ2) is 4.93. The summed E-state index contributed by atoms with van der Waals surface area (Å²) in [6, 6.07) is 12.7. The van der Waals surface area contributed by atoms with Crippen molar-refractivity contribution in [1.82, 2.24) is 0 Å². The fourth-order valence-corrected chi connectivity index (χ4v) is 2.65. The van der Waals surface area contributed by atoms with E-state index in [9.17, 15) is 9.90 Å². The molecule has 1 N–H and O–H groups in total. The van der Waals surface area contributed by atoms with Crippen LogP contribution in [0.25, 0.3) is 0 Å². The molecule has 1 heterocycles. The number of aliphatic hydroxyl groups is 1. The highest BCUT2D eigenvalue weighted by molar-refractivity contribution is 6.31. The Morgan fingerprint density at radius 2 is 2.05 bits per heavy atom. The third kappa shape index (κ3) is 2.19. The molecule has 1 aliphatic heterocycles. The number of nitrogens with zero attached hydrogens (tertiary/aromatic N) is 1. The van der Waals surface area contributed by atoms with Crippen molar-refractivity contribution in [3.63, 3.8) is 0 Å². The van der Waals surface area contributed by atoms with Gasteiger partial charge in [-0.15, -0.1) is 0 Å². The van der Waals surface area contributed by atoms with Crippen LogP contribution in [0.4, 0.5) is 5.69 Å². The summed E-state index contributed by atoms with van der Waals surface area (Å²) in [5.74, 6) is -0.0283. The van der Waals surface area contributed by atoms with Crippen LogP contribution in [0.2, 0.25) is 5.02 Å². The maximum absolute atomic E-state index is 12.4. The summed E-state index contributed by atoms with van der Waals surface area (Å²) in [6.45, 7) is 2.22. The van der Waals surface area contributed by atoms with Crippen molar-refractivity contribution in [2.45, 2.75) is 19.6 Å². The van der Waals surface area contributed by atoms with Gasteiger partial charge in [-0.05, 0) is 48.4 Å². The van der Waals surface area contributed by atoms with Crippen LogP contribution in [-0.4, -0.2) is 11.0 Å². The number of halogens is 1. The number of amides is 1. The van der Waals surface area contributed by atoms with Crippen molar-refractivity contribution in [3.8, 4) is 0 Å². The predicted molar refractivity (Wildman–Crippen MR) is 79.0 cm³/mol. The highest BCUT2D eigenvalue weighted by Gasteiger charge is 2.28. The van der Waals surface area contributed by atoms with Crippen LogP contribution in [0, 0.1) is 0 Å². The molecule has 1 unspecified atom stereocenters. The number of anilines is 1. The lowest BCUT2D eigenvalue weighted by Crippen LogP contribution is -2.23. The Bertz CT molecular complexity index is 682. The quantitative estimate of drug-likeness (QED) is 0.917. The summed E-state index contributed by atoms with van der Waals surface area (Å²) in [7, 11) is 0. The van der Waals surface area contributed by atoms with Crippen LogP contribution in [0.15, 0.2) is 42.5 Å². The maximum Gasteiger partial charge on any atom is 0.258 e. The Labute approximate surface area is 122 Å². The molecule has 0 saturated carbocycles. The van der Waals surface area contributed by atoms with Crippen LogP contribution < -0.4 is 4.90 Å². The third-order valence-electron chi connectivity index (χ3n) is 3.54. The van der Waals surface area contributed by atoms with Crippen LogP contribution in [0.1, 0.15) is 34.5 Å². The summed E-state index contributed by atoms with van der Waals surface area (Å²) in [6.07, 6.45) is -0.551. The summed E-state index contributed by atoms with van der Waals surface area (Å²) in [4.78, 5) is 14.1. The zero-order valence-electron chi connectivity index (χ0n) is 11.0. The summed E-state index contributed by atoms with van der Waals surface area (Å²) in [5, 5.41) is 10.3. The number of carbonyl (C=O) groups excluding carboxylic acids is 1. The first-order valence-corrected chi connectivity index (χ1v) is 6.82. The van der Waals surface area contributed by atoms with Gasteiger partial charge in [0.25, 0.3) is 5.91 Å².